The Morgan fingerprint density at radius 2 is 1.91 bits per heavy atom. The fourth-order valence-corrected chi connectivity index (χ4v) is 3.23. The molecule has 4 rings (SSSR count). The van der Waals surface area contributed by atoms with E-state index in [2.05, 4.69) is 15.0 Å². The van der Waals surface area contributed by atoms with Gasteiger partial charge in [-0.2, -0.15) is 4.39 Å². The molecular formula is C16H9F2N3S. The number of nitrogens with one attached hydrogen (secondary N) is 1. The number of hydrogen-bond donors (Lipinski definition) is 1. The first-order chi connectivity index (χ1) is 10.7. The first-order valence-electron chi connectivity index (χ1n) is 6.56. The molecule has 0 radical (unpaired) electrons. The molecule has 3 nitrogen and oxygen atoms in total. The molecule has 4 aromatic rings. The molecule has 22 heavy (non-hydrogen) atoms. The standard InChI is InChI=1S/C16H9F2N3S/c17-10-6-11-13(14(18)21-15(11)19-7-10)16-20-12(8-22-16)9-4-2-1-3-5-9/h1-8H,(H,19,21). The van der Waals surface area contributed by atoms with E-state index in [1.807, 2.05) is 35.7 Å². The molecular weight excluding hydrogens is 304 g/mol. The van der Waals surface area contributed by atoms with E-state index in [4.69, 9.17) is 0 Å². The maximum Gasteiger partial charge on any atom is 0.203 e. The van der Waals surface area contributed by atoms with Crippen LogP contribution in [-0.4, -0.2) is 15.0 Å². The van der Waals surface area contributed by atoms with Crippen molar-refractivity contribution in [2.45, 2.75) is 0 Å². The summed E-state index contributed by atoms with van der Waals surface area (Å²) < 4.78 is 27.6. The van der Waals surface area contributed by atoms with Crippen molar-refractivity contribution in [3.8, 4) is 21.8 Å². The zero-order valence-electron chi connectivity index (χ0n) is 11.2. The minimum absolute atomic E-state index is 0.259. The topological polar surface area (TPSA) is 41.6 Å². The van der Waals surface area contributed by atoms with Gasteiger partial charge in [0.15, 0.2) is 0 Å². The number of pyridine rings is 1. The van der Waals surface area contributed by atoms with E-state index in [9.17, 15) is 8.78 Å². The molecule has 0 spiro atoms. The second-order valence-electron chi connectivity index (χ2n) is 4.77. The van der Waals surface area contributed by atoms with Gasteiger partial charge in [-0.15, -0.1) is 11.3 Å². The summed E-state index contributed by atoms with van der Waals surface area (Å²) in [5.41, 5.74) is 2.29. The van der Waals surface area contributed by atoms with E-state index in [0.29, 0.717) is 16.0 Å². The van der Waals surface area contributed by atoms with Crippen LogP contribution in [0.4, 0.5) is 8.78 Å². The van der Waals surface area contributed by atoms with Crippen LogP contribution < -0.4 is 0 Å². The van der Waals surface area contributed by atoms with Crippen molar-refractivity contribution in [2.75, 3.05) is 0 Å². The molecule has 3 heterocycles. The van der Waals surface area contributed by atoms with Gasteiger partial charge in [-0.1, -0.05) is 30.3 Å². The molecule has 0 unspecified atom stereocenters. The number of H-pyrrole nitrogens is 1. The summed E-state index contributed by atoms with van der Waals surface area (Å²) in [6.45, 7) is 0. The van der Waals surface area contributed by atoms with Crippen LogP contribution >= 0.6 is 11.3 Å². The van der Waals surface area contributed by atoms with E-state index in [1.54, 1.807) is 0 Å². The lowest BCUT2D eigenvalue weighted by Gasteiger charge is -1.96. The zero-order chi connectivity index (χ0) is 15.1. The molecule has 0 saturated heterocycles. The van der Waals surface area contributed by atoms with Gasteiger partial charge in [0.05, 0.1) is 17.5 Å². The van der Waals surface area contributed by atoms with Crippen LogP contribution in [0.2, 0.25) is 0 Å². The third kappa shape index (κ3) is 2.08. The van der Waals surface area contributed by atoms with Crippen LogP contribution in [0.5, 0.6) is 0 Å². The Labute approximate surface area is 128 Å². The highest BCUT2D eigenvalue weighted by atomic mass is 32.1. The number of nitrogens with zero attached hydrogens (tertiary/aromatic N) is 2. The van der Waals surface area contributed by atoms with Gasteiger partial charge in [-0.3, -0.25) is 0 Å². The number of halogens is 2. The molecule has 6 heteroatoms. The predicted octanol–water partition coefficient (Wildman–Crippen LogP) is 4.63. The van der Waals surface area contributed by atoms with E-state index in [0.717, 1.165) is 17.5 Å². The maximum absolute atomic E-state index is 14.2. The van der Waals surface area contributed by atoms with Crippen LogP contribution in [0.15, 0.2) is 48.0 Å². The van der Waals surface area contributed by atoms with Crippen molar-refractivity contribution >= 4 is 22.4 Å². The summed E-state index contributed by atoms with van der Waals surface area (Å²) in [7, 11) is 0. The van der Waals surface area contributed by atoms with E-state index in [-0.39, 0.29) is 5.56 Å². The van der Waals surface area contributed by atoms with Crippen molar-refractivity contribution in [1.82, 2.24) is 15.0 Å². The van der Waals surface area contributed by atoms with Crippen LogP contribution in [-0.2, 0) is 0 Å². The van der Waals surface area contributed by atoms with Gasteiger partial charge >= 0.3 is 0 Å². The summed E-state index contributed by atoms with van der Waals surface area (Å²) >= 11 is 1.32. The first-order valence-corrected chi connectivity index (χ1v) is 7.44. The third-order valence-electron chi connectivity index (χ3n) is 3.36. The second kappa shape index (κ2) is 4.99. The quantitative estimate of drug-likeness (QED) is 0.586. The van der Waals surface area contributed by atoms with Crippen molar-refractivity contribution in [1.29, 1.82) is 0 Å². The van der Waals surface area contributed by atoms with Gasteiger partial charge in [0.1, 0.15) is 16.5 Å². The largest absolute Gasteiger partial charge is 0.316 e. The summed E-state index contributed by atoms with van der Waals surface area (Å²) in [6, 6.07) is 10.9. The van der Waals surface area contributed by atoms with Crippen molar-refractivity contribution in [2.24, 2.45) is 0 Å². The van der Waals surface area contributed by atoms with Crippen molar-refractivity contribution < 1.29 is 8.78 Å². The molecule has 0 aliphatic rings. The number of fused-ring (bicyclic) bond motifs is 1. The molecule has 0 bridgehead atoms. The highest BCUT2D eigenvalue weighted by Crippen LogP contribution is 2.35. The average molecular weight is 313 g/mol. The smallest absolute Gasteiger partial charge is 0.203 e. The summed E-state index contributed by atoms with van der Waals surface area (Å²) in [6.07, 6.45) is 1.05. The Kier molecular flexibility index (Phi) is 2.97. The van der Waals surface area contributed by atoms with Crippen LogP contribution in [0, 0.1) is 11.8 Å². The molecule has 0 amide bonds. The molecule has 1 aromatic carbocycles. The van der Waals surface area contributed by atoms with E-state index >= 15 is 0 Å². The monoisotopic (exact) mass is 313 g/mol. The lowest BCUT2D eigenvalue weighted by atomic mass is 10.2. The number of aromatic nitrogens is 3. The number of hydrogen-bond acceptors (Lipinski definition) is 3. The molecule has 108 valence electrons. The fourth-order valence-electron chi connectivity index (χ4n) is 2.35. The highest BCUT2D eigenvalue weighted by molar-refractivity contribution is 7.13. The third-order valence-corrected chi connectivity index (χ3v) is 4.22. The van der Waals surface area contributed by atoms with E-state index in [1.165, 1.54) is 17.4 Å². The van der Waals surface area contributed by atoms with Gasteiger partial charge < -0.3 is 4.98 Å². The highest BCUT2D eigenvalue weighted by Gasteiger charge is 2.18. The van der Waals surface area contributed by atoms with Crippen LogP contribution in [0.3, 0.4) is 0 Å². The zero-order valence-corrected chi connectivity index (χ0v) is 12.0. The van der Waals surface area contributed by atoms with Gasteiger partial charge in [0.25, 0.3) is 0 Å². The van der Waals surface area contributed by atoms with Crippen LogP contribution in [0.1, 0.15) is 0 Å². The number of rotatable bonds is 2. The molecule has 0 fully saturated rings. The Balaban J connectivity index is 1.88. The first kappa shape index (κ1) is 13.1. The average Bonchev–Trinajstić information content (AvgIpc) is 3.11. The fraction of sp³-hybridized carbons (Fsp3) is 0. The summed E-state index contributed by atoms with van der Waals surface area (Å²) in [5, 5.41) is 2.75. The van der Waals surface area contributed by atoms with Gasteiger partial charge in [0.2, 0.25) is 5.95 Å². The molecule has 1 N–H and O–H groups in total. The van der Waals surface area contributed by atoms with Gasteiger partial charge in [0, 0.05) is 16.3 Å². The number of thiazole rings is 1. The molecule has 3 aromatic heterocycles. The predicted molar refractivity (Wildman–Crippen MR) is 82.6 cm³/mol. The summed E-state index contributed by atoms with van der Waals surface area (Å²) in [5.74, 6) is -1.06. The number of benzene rings is 1. The van der Waals surface area contributed by atoms with Crippen LogP contribution in [0.25, 0.3) is 32.9 Å². The van der Waals surface area contributed by atoms with Gasteiger partial charge in [-0.25, -0.2) is 14.4 Å². The molecule has 0 saturated carbocycles. The Hall–Kier alpha value is -2.60. The Morgan fingerprint density at radius 3 is 2.73 bits per heavy atom. The SMILES string of the molecule is Fc1cnc2[nH]c(F)c(-c3nc(-c4ccccc4)cs3)c2c1. The second-order valence-corrected chi connectivity index (χ2v) is 5.63. The maximum atomic E-state index is 14.2. The normalized spacial score (nSPS) is 11.2. The lowest BCUT2D eigenvalue weighted by Crippen LogP contribution is -1.82. The van der Waals surface area contributed by atoms with Crippen molar-refractivity contribution in [3.63, 3.8) is 0 Å². The van der Waals surface area contributed by atoms with Gasteiger partial charge in [-0.05, 0) is 6.07 Å². The minimum atomic E-state index is -0.554. The Morgan fingerprint density at radius 1 is 1.09 bits per heavy atom. The number of aromatic amines is 1. The minimum Gasteiger partial charge on any atom is -0.316 e. The van der Waals surface area contributed by atoms with Crippen molar-refractivity contribution in [3.05, 3.63) is 59.7 Å². The lowest BCUT2D eigenvalue weighted by molar-refractivity contribution is 0.597. The molecule has 0 aliphatic carbocycles. The molecule has 0 atom stereocenters. The Bertz CT molecular complexity index is 960. The van der Waals surface area contributed by atoms with E-state index < -0.39 is 11.8 Å². The summed E-state index contributed by atoms with van der Waals surface area (Å²) in [4.78, 5) is 10.9. The molecule has 0 aliphatic heterocycles.